The van der Waals surface area contributed by atoms with Gasteiger partial charge in [-0.3, -0.25) is 0 Å². The zero-order valence-electron chi connectivity index (χ0n) is 8.01. The lowest BCUT2D eigenvalue weighted by atomic mass is 10.2. The second-order valence-electron chi connectivity index (χ2n) is 3.10. The fourth-order valence-electron chi connectivity index (χ4n) is 1.08. The number of hydrogen-bond donors (Lipinski definition) is 4. The van der Waals surface area contributed by atoms with Gasteiger partial charge >= 0.3 is 0 Å². The lowest BCUT2D eigenvalue weighted by Gasteiger charge is -2.10. The molecular formula is C10H12N2O3. The van der Waals surface area contributed by atoms with Crippen LogP contribution in [-0.4, -0.2) is 34.6 Å². The van der Waals surface area contributed by atoms with Crippen LogP contribution >= 0.6 is 0 Å². The van der Waals surface area contributed by atoms with Crippen molar-refractivity contribution < 1.29 is 15.3 Å². The minimum atomic E-state index is -0.863. The lowest BCUT2D eigenvalue weighted by Crippen LogP contribution is -2.22. The van der Waals surface area contributed by atoms with Crippen LogP contribution in [0.25, 0.3) is 0 Å². The summed E-state index contributed by atoms with van der Waals surface area (Å²) in [5.41, 5.74) is 0.857. The molecule has 1 aromatic carbocycles. The van der Waals surface area contributed by atoms with Crippen molar-refractivity contribution >= 4 is 5.69 Å². The fraction of sp³-hybridized carbons (Fsp3) is 0.300. The number of aromatic hydroxyl groups is 1. The predicted octanol–water partition coefficient (Wildman–Crippen LogP) is 0.0290. The molecule has 80 valence electrons. The van der Waals surface area contributed by atoms with E-state index in [0.29, 0.717) is 11.3 Å². The fourth-order valence-corrected chi connectivity index (χ4v) is 1.08. The van der Waals surface area contributed by atoms with Gasteiger partial charge in [0.2, 0.25) is 0 Å². The molecule has 0 heterocycles. The molecule has 4 N–H and O–H groups in total. The second-order valence-corrected chi connectivity index (χ2v) is 3.10. The first-order valence-electron chi connectivity index (χ1n) is 4.42. The van der Waals surface area contributed by atoms with Crippen molar-refractivity contribution in [3.8, 4) is 11.8 Å². The number of benzene rings is 1. The van der Waals surface area contributed by atoms with Crippen molar-refractivity contribution in [2.45, 2.75) is 6.10 Å². The maximum Gasteiger partial charge on any atom is 0.118 e. The molecule has 5 nitrogen and oxygen atoms in total. The smallest absolute Gasteiger partial charge is 0.118 e. The van der Waals surface area contributed by atoms with E-state index < -0.39 is 6.10 Å². The number of nitrogens with zero attached hydrogens (tertiary/aromatic N) is 1. The molecule has 1 atom stereocenters. The maximum atomic E-state index is 9.24. The van der Waals surface area contributed by atoms with Gasteiger partial charge in [-0.15, -0.1) is 0 Å². The number of aliphatic hydroxyl groups excluding tert-OH is 2. The second kappa shape index (κ2) is 5.20. The van der Waals surface area contributed by atoms with E-state index in [4.69, 9.17) is 15.5 Å². The molecule has 0 amide bonds. The zero-order chi connectivity index (χ0) is 11.3. The van der Waals surface area contributed by atoms with E-state index in [2.05, 4.69) is 5.32 Å². The summed E-state index contributed by atoms with van der Waals surface area (Å²) >= 11 is 0. The summed E-state index contributed by atoms with van der Waals surface area (Å²) in [7, 11) is 0. The van der Waals surface area contributed by atoms with Gasteiger partial charge in [-0.1, -0.05) is 0 Å². The maximum absolute atomic E-state index is 9.24. The number of nitriles is 1. The summed E-state index contributed by atoms with van der Waals surface area (Å²) in [4.78, 5) is 0. The van der Waals surface area contributed by atoms with Crippen LogP contribution < -0.4 is 5.32 Å². The number of anilines is 1. The first-order chi connectivity index (χ1) is 7.15. The molecule has 1 rings (SSSR count). The highest BCUT2D eigenvalue weighted by molar-refractivity contribution is 5.54. The zero-order valence-corrected chi connectivity index (χ0v) is 8.01. The Labute approximate surface area is 87.2 Å². The third-order valence-electron chi connectivity index (χ3n) is 1.80. The van der Waals surface area contributed by atoms with E-state index in [1.807, 2.05) is 6.07 Å². The van der Waals surface area contributed by atoms with E-state index in [1.54, 1.807) is 6.07 Å². The van der Waals surface area contributed by atoms with E-state index in [-0.39, 0.29) is 18.9 Å². The van der Waals surface area contributed by atoms with Crippen molar-refractivity contribution in [1.29, 1.82) is 5.26 Å². The van der Waals surface area contributed by atoms with Crippen LogP contribution in [0.5, 0.6) is 5.75 Å². The largest absolute Gasteiger partial charge is 0.508 e. The predicted molar refractivity (Wildman–Crippen MR) is 54.4 cm³/mol. The Hall–Kier alpha value is -1.77. The van der Waals surface area contributed by atoms with Crippen LogP contribution in [0.2, 0.25) is 0 Å². The molecule has 0 saturated carbocycles. The molecule has 1 unspecified atom stereocenters. The van der Waals surface area contributed by atoms with Gasteiger partial charge in [-0.25, -0.2) is 0 Å². The number of phenols is 1. The molecule has 15 heavy (non-hydrogen) atoms. The number of phenolic OH excluding ortho intramolecular Hbond substituents is 1. The van der Waals surface area contributed by atoms with Gasteiger partial charge in [-0.2, -0.15) is 5.26 Å². The van der Waals surface area contributed by atoms with Crippen LogP contribution in [0.15, 0.2) is 18.2 Å². The van der Waals surface area contributed by atoms with Gasteiger partial charge < -0.3 is 20.6 Å². The lowest BCUT2D eigenvalue weighted by molar-refractivity contribution is 0.105. The molecule has 0 bridgehead atoms. The average Bonchev–Trinajstić information content (AvgIpc) is 2.25. The summed E-state index contributed by atoms with van der Waals surface area (Å²) in [5.74, 6) is -0.0185. The van der Waals surface area contributed by atoms with E-state index >= 15 is 0 Å². The SMILES string of the molecule is N#Cc1cc(O)cc(NCC(O)CO)c1. The first-order valence-corrected chi connectivity index (χ1v) is 4.42. The Kier molecular flexibility index (Phi) is 3.92. The van der Waals surface area contributed by atoms with E-state index in [9.17, 15) is 5.11 Å². The van der Waals surface area contributed by atoms with Crippen LogP contribution in [0.1, 0.15) is 5.56 Å². The molecule has 0 saturated heterocycles. The molecule has 5 heteroatoms. The molecule has 0 radical (unpaired) electrons. The summed E-state index contributed by atoms with van der Waals surface area (Å²) in [5, 5.41) is 38.3. The Morgan fingerprint density at radius 2 is 2.13 bits per heavy atom. The van der Waals surface area contributed by atoms with E-state index in [0.717, 1.165) is 0 Å². The standard InChI is InChI=1S/C10H12N2O3/c11-4-7-1-8(3-9(14)2-7)12-5-10(15)6-13/h1-3,10,12-15H,5-6H2. The van der Waals surface area contributed by atoms with Gasteiger partial charge in [-0.05, 0) is 12.1 Å². The Morgan fingerprint density at radius 1 is 1.40 bits per heavy atom. The van der Waals surface area contributed by atoms with Crippen molar-refractivity contribution in [1.82, 2.24) is 0 Å². The Balaban J connectivity index is 2.69. The van der Waals surface area contributed by atoms with Gasteiger partial charge in [0.25, 0.3) is 0 Å². The number of nitrogens with one attached hydrogen (secondary N) is 1. The van der Waals surface area contributed by atoms with Gasteiger partial charge in [0, 0.05) is 18.3 Å². The minimum Gasteiger partial charge on any atom is -0.508 e. The molecule has 0 fully saturated rings. The molecular weight excluding hydrogens is 196 g/mol. The Morgan fingerprint density at radius 3 is 2.73 bits per heavy atom. The van der Waals surface area contributed by atoms with Crippen LogP contribution in [0.3, 0.4) is 0 Å². The molecule has 0 aliphatic heterocycles. The highest BCUT2D eigenvalue weighted by Crippen LogP contribution is 2.18. The summed E-state index contributed by atoms with van der Waals surface area (Å²) < 4.78 is 0. The number of hydrogen-bond acceptors (Lipinski definition) is 5. The van der Waals surface area contributed by atoms with Crippen LogP contribution in [0, 0.1) is 11.3 Å². The third kappa shape index (κ3) is 3.46. The van der Waals surface area contributed by atoms with Crippen LogP contribution in [0.4, 0.5) is 5.69 Å². The van der Waals surface area contributed by atoms with Crippen molar-refractivity contribution in [2.75, 3.05) is 18.5 Å². The van der Waals surface area contributed by atoms with Crippen molar-refractivity contribution in [3.05, 3.63) is 23.8 Å². The normalized spacial score (nSPS) is 11.8. The topological polar surface area (TPSA) is 96.5 Å². The first kappa shape index (κ1) is 11.3. The summed E-state index contributed by atoms with van der Waals surface area (Å²) in [6.45, 7) is -0.179. The monoisotopic (exact) mass is 208 g/mol. The highest BCUT2D eigenvalue weighted by atomic mass is 16.3. The van der Waals surface area contributed by atoms with Gasteiger partial charge in [0.1, 0.15) is 5.75 Å². The molecule has 1 aromatic rings. The summed E-state index contributed by atoms with van der Waals surface area (Å²) in [6.07, 6.45) is -0.863. The van der Waals surface area contributed by atoms with Gasteiger partial charge in [0.15, 0.2) is 0 Å². The highest BCUT2D eigenvalue weighted by Gasteiger charge is 2.03. The molecule has 0 aliphatic rings. The van der Waals surface area contributed by atoms with Crippen molar-refractivity contribution in [2.24, 2.45) is 0 Å². The van der Waals surface area contributed by atoms with E-state index in [1.165, 1.54) is 12.1 Å². The molecule has 0 spiro atoms. The summed E-state index contributed by atoms with van der Waals surface area (Å²) in [6, 6.07) is 6.22. The Bertz CT molecular complexity index is 373. The van der Waals surface area contributed by atoms with Crippen molar-refractivity contribution in [3.63, 3.8) is 0 Å². The van der Waals surface area contributed by atoms with Gasteiger partial charge in [0.05, 0.1) is 24.3 Å². The molecule has 0 aliphatic carbocycles. The van der Waals surface area contributed by atoms with Crippen LogP contribution in [-0.2, 0) is 0 Å². The number of rotatable bonds is 4. The minimum absolute atomic E-state index is 0.0185. The number of aliphatic hydroxyl groups is 2. The third-order valence-corrected chi connectivity index (χ3v) is 1.80. The molecule has 0 aromatic heterocycles. The quantitative estimate of drug-likeness (QED) is 0.559. The average molecular weight is 208 g/mol.